The Morgan fingerprint density at radius 3 is 2.76 bits per heavy atom. The smallest absolute Gasteiger partial charge is 0.338 e. The van der Waals surface area contributed by atoms with Crippen LogP contribution in [0.3, 0.4) is 0 Å². The molecule has 0 bridgehead atoms. The third kappa shape index (κ3) is 4.19. The van der Waals surface area contributed by atoms with Crippen molar-refractivity contribution in [1.29, 1.82) is 0 Å². The molecule has 0 amide bonds. The lowest BCUT2D eigenvalue weighted by molar-refractivity contribution is 0.0322. The average molecular weight is 235 g/mol. The van der Waals surface area contributed by atoms with Crippen molar-refractivity contribution in [3.05, 3.63) is 35.4 Å². The van der Waals surface area contributed by atoms with Crippen LogP contribution in [0.5, 0.6) is 0 Å². The van der Waals surface area contributed by atoms with Gasteiger partial charge in [0.1, 0.15) is 0 Å². The second-order valence-corrected chi connectivity index (χ2v) is 4.20. The zero-order valence-corrected chi connectivity index (χ0v) is 10.6. The lowest BCUT2D eigenvalue weighted by Crippen LogP contribution is -2.17. The number of ether oxygens (including phenoxy) is 1. The van der Waals surface area contributed by atoms with Crippen LogP contribution in [0, 0.1) is 0 Å². The van der Waals surface area contributed by atoms with E-state index in [9.17, 15) is 4.79 Å². The molecule has 0 aromatic heterocycles. The first-order valence-electron chi connectivity index (χ1n) is 6.18. The Hall–Kier alpha value is -1.35. The molecule has 0 heterocycles. The predicted octanol–water partition coefficient (Wildman–Crippen LogP) is 2.53. The van der Waals surface area contributed by atoms with Gasteiger partial charge in [-0.3, -0.25) is 0 Å². The molecule has 0 saturated carbocycles. The quantitative estimate of drug-likeness (QED) is 0.771. The van der Waals surface area contributed by atoms with Gasteiger partial charge >= 0.3 is 5.97 Å². The van der Waals surface area contributed by atoms with Crippen LogP contribution < -0.4 is 5.73 Å². The maximum atomic E-state index is 12.0. The molecular formula is C14H21NO2. The predicted molar refractivity (Wildman–Crippen MR) is 69.0 cm³/mol. The first-order valence-corrected chi connectivity index (χ1v) is 6.18. The molecule has 3 heteroatoms. The number of esters is 1. The second-order valence-electron chi connectivity index (χ2n) is 4.20. The van der Waals surface area contributed by atoms with E-state index in [0.29, 0.717) is 18.5 Å². The van der Waals surface area contributed by atoms with Crippen LogP contribution in [-0.2, 0) is 11.2 Å². The van der Waals surface area contributed by atoms with E-state index in [1.807, 2.05) is 25.1 Å². The van der Waals surface area contributed by atoms with E-state index in [1.165, 1.54) is 0 Å². The molecule has 0 radical (unpaired) electrons. The SMILES string of the molecule is CCCC(C)OC(=O)c1ccccc1CCN. The highest BCUT2D eigenvalue weighted by atomic mass is 16.5. The van der Waals surface area contributed by atoms with Crippen molar-refractivity contribution < 1.29 is 9.53 Å². The number of carbonyl (C=O) groups is 1. The monoisotopic (exact) mass is 235 g/mol. The molecule has 0 fully saturated rings. The van der Waals surface area contributed by atoms with Gasteiger partial charge in [-0.15, -0.1) is 0 Å². The molecule has 1 atom stereocenters. The summed E-state index contributed by atoms with van der Waals surface area (Å²) in [6, 6.07) is 7.48. The number of carbonyl (C=O) groups excluding carboxylic acids is 1. The Balaban J connectivity index is 2.74. The normalized spacial score (nSPS) is 12.2. The fourth-order valence-electron chi connectivity index (χ4n) is 1.80. The Labute approximate surface area is 103 Å². The fraction of sp³-hybridized carbons (Fsp3) is 0.500. The molecule has 0 saturated heterocycles. The van der Waals surface area contributed by atoms with Crippen LogP contribution in [0.25, 0.3) is 0 Å². The largest absolute Gasteiger partial charge is 0.459 e. The van der Waals surface area contributed by atoms with E-state index in [0.717, 1.165) is 18.4 Å². The Kier molecular flexibility index (Phi) is 5.70. The van der Waals surface area contributed by atoms with Crippen molar-refractivity contribution in [3.63, 3.8) is 0 Å². The molecule has 1 rings (SSSR count). The summed E-state index contributed by atoms with van der Waals surface area (Å²) in [5, 5.41) is 0. The van der Waals surface area contributed by atoms with Gasteiger partial charge in [-0.05, 0) is 37.9 Å². The molecule has 1 unspecified atom stereocenters. The summed E-state index contributed by atoms with van der Waals surface area (Å²) in [6.45, 7) is 4.54. The molecular weight excluding hydrogens is 214 g/mol. The molecule has 1 aromatic carbocycles. The third-order valence-corrected chi connectivity index (χ3v) is 2.65. The minimum absolute atomic E-state index is 0.0292. The van der Waals surface area contributed by atoms with E-state index in [2.05, 4.69) is 6.92 Å². The molecule has 2 N–H and O–H groups in total. The molecule has 0 aliphatic rings. The molecule has 1 aromatic rings. The van der Waals surface area contributed by atoms with Gasteiger partial charge in [0.15, 0.2) is 0 Å². The van der Waals surface area contributed by atoms with E-state index >= 15 is 0 Å². The maximum Gasteiger partial charge on any atom is 0.338 e. The topological polar surface area (TPSA) is 52.3 Å². The van der Waals surface area contributed by atoms with Gasteiger partial charge in [0, 0.05) is 0 Å². The summed E-state index contributed by atoms with van der Waals surface area (Å²) >= 11 is 0. The number of hydrogen-bond acceptors (Lipinski definition) is 3. The lowest BCUT2D eigenvalue weighted by Gasteiger charge is -2.14. The molecule has 3 nitrogen and oxygen atoms in total. The van der Waals surface area contributed by atoms with E-state index in [1.54, 1.807) is 6.07 Å². The fourth-order valence-corrected chi connectivity index (χ4v) is 1.80. The van der Waals surface area contributed by atoms with E-state index in [4.69, 9.17) is 10.5 Å². The van der Waals surface area contributed by atoms with Crippen molar-refractivity contribution >= 4 is 5.97 Å². The van der Waals surface area contributed by atoms with Gasteiger partial charge in [-0.1, -0.05) is 31.5 Å². The van der Waals surface area contributed by atoms with Crippen molar-refractivity contribution in [2.75, 3.05) is 6.54 Å². The first kappa shape index (κ1) is 13.7. The van der Waals surface area contributed by atoms with Gasteiger partial charge in [-0.25, -0.2) is 4.79 Å². The Morgan fingerprint density at radius 1 is 1.41 bits per heavy atom. The number of nitrogens with two attached hydrogens (primary N) is 1. The Morgan fingerprint density at radius 2 is 2.12 bits per heavy atom. The van der Waals surface area contributed by atoms with Crippen molar-refractivity contribution in [3.8, 4) is 0 Å². The highest BCUT2D eigenvalue weighted by molar-refractivity contribution is 5.91. The summed E-state index contributed by atoms with van der Waals surface area (Å²) in [4.78, 5) is 12.0. The van der Waals surface area contributed by atoms with Crippen molar-refractivity contribution in [2.45, 2.75) is 39.2 Å². The zero-order valence-electron chi connectivity index (χ0n) is 10.6. The van der Waals surface area contributed by atoms with E-state index < -0.39 is 0 Å². The van der Waals surface area contributed by atoms with Crippen LogP contribution in [-0.4, -0.2) is 18.6 Å². The molecule has 0 aliphatic carbocycles. The number of hydrogen-bond donors (Lipinski definition) is 1. The van der Waals surface area contributed by atoms with Gasteiger partial charge < -0.3 is 10.5 Å². The van der Waals surface area contributed by atoms with Crippen molar-refractivity contribution in [1.82, 2.24) is 0 Å². The van der Waals surface area contributed by atoms with Crippen LogP contribution in [0.4, 0.5) is 0 Å². The second kappa shape index (κ2) is 7.07. The summed E-state index contributed by atoms with van der Waals surface area (Å²) in [5.74, 6) is -0.241. The Bertz CT molecular complexity index is 363. The molecule has 0 spiro atoms. The maximum absolute atomic E-state index is 12.0. The van der Waals surface area contributed by atoms with Gasteiger partial charge in [0.25, 0.3) is 0 Å². The number of benzene rings is 1. The van der Waals surface area contributed by atoms with Gasteiger partial charge in [0.05, 0.1) is 11.7 Å². The average Bonchev–Trinajstić information content (AvgIpc) is 2.30. The molecule has 94 valence electrons. The first-order chi connectivity index (χ1) is 8.19. The number of rotatable bonds is 6. The zero-order chi connectivity index (χ0) is 12.7. The summed E-state index contributed by atoms with van der Waals surface area (Å²) in [5.41, 5.74) is 7.13. The van der Waals surface area contributed by atoms with E-state index in [-0.39, 0.29) is 12.1 Å². The minimum Gasteiger partial charge on any atom is -0.459 e. The standard InChI is InChI=1S/C14H21NO2/c1-3-6-11(2)17-14(16)13-8-5-4-7-12(13)9-10-15/h4-5,7-8,11H,3,6,9-10,15H2,1-2H3. The van der Waals surface area contributed by atoms with Crippen molar-refractivity contribution in [2.24, 2.45) is 5.73 Å². The van der Waals surface area contributed by atoms with Gasteiger partial charge in [0.2, 0.25) is 0 Å². The molecule has 17 heavy (non-hydrogen) atoms. The lowest BCUT2D eigenvalue weighted by atomic mass is 10.0. The van der Waals surface area contributed by atoms with Crippen LogP contribution in [0.2, 0.25) is 0 Å². The highest BCUT2D eigenvalue weighted by Gasteiger charge is 2.14. The minimum atomic E-state index is -0.241. The third-order valence-electron chi connectivity index (χ3n) is 2.65. The summed E-state index contributed by atoms with van der Waals surface area (Å²) in [7, 11) is 0. The highest BCUT2D eigenvalue weighted by Crippen LogP contribution is 2.13. The van der Waals surface area contributed by atoms with Crippen LogP contribution >= 0.6 is 0 Å². The van der Waals surface area contributed by atoms with Crippen LogP contribution in [0.15, 0.2) is 24.3 Å². The van der Waals surface area contributed by atoms with Crippen LogP contribution in [0.1, 0.15) is 42.6 Å². The van der Waals surface area contributed by atoms with Gasteiger partial charge in [-0.2, -0.15) is 0 Å². The molecule has 0 aliphatic heterocycles. The summed E-state index contributed by atoms with van der Waals surface area (Å²) in [6.07, 6.45) is 2.58. The summed E-state index contributed by atoms with van der Waals surface area (Å²) < 4.78 is 5.38.